The van der Waals surface area contributed by atoms with Crippen LogP contribution in [0.4, 0.5) is 8.78 Å². The maximum Gasteiger partial charge on any atom is 0.137 e. The number of aromatic nitrogens is 3. The van der Waals surface area contributed by atoms with Gasteiger partial charge in [0.2, 0.25) is 0 Å². The number of aryl methyl sites for hydroxylation is 1. The number of hydrogen-bond donors (Lipinski definition) is 1. The van der Waals surface area contributed by atoms with E-state index in [-0.39, 0.29) is 6.04 Å². The molecule has 2 aromatic rings. The third kappa shape index (κ3) is 2.35. The largest absolute Gasteiger partial charge is 0.326 e. The molecule has 2 N–H and O–H groups in total. The van der Waals surface area contributed by atoms with Gasteiger partial charge in [-0.05, 0) is 18.1 Å². The number of rotatable bonds is 2. The normalized spacial score (nSPS) is 18.4. The van der Waals surface area contributed by atoms with E-state index in [4.69, 9.17) is 5.73 Å². The number of hydrogen-bond acceptors (Lipinski definition) is 3. The molecule has 0 amide bonds. The fraction of sp³-hybridized carbons (Fsp3) is 0.385. The molecular weight excluding hydrogens is 250 g/mol. The number of halogens is 2. The van der Waals surface area contributed by atoms with E-state index in [0.717, 1.165) is 24.7 Å². The van der Waals surface area contributed by atoms with Gasteiger partial charge in [-0.3, -0.25) is 0 Å². The van der Waals surface area contributed by atoms with Gasteiger partial charge in [-0.15, -0.1) is 10.2 Å². The summed E-state index contributed by atoms with van der Waals surface area (Å²) >= 11 is 0. The van der Waals surface area contributed by atoms with Crippen molar-refractivity contribution in [2.75, 3.05) is 0 Å². The van der Waals surface area contributed by atoms with Crippen LogP contribution in [0.3, 0.4) is 0 Å². The van der Waals surface area contributed by atoms with Crippen molar-refractivity contribution in [3.8, 4) is 0 Å². The number of nitrogens with zero attached hydrogens (tertiary/aromatic N) is 3. The van der Waals surface area contributed by atoms with Crippen molar-refractivity contribution in [1.82, 2.24) is 14.8 Å². The van der Waals surface area contributed by atoms with Crippen molar-refractivity contribution in [2.24, 2.45) is 5.73 Å². The summed E-state index contributed by atoms with van der Waals surface area (Å²) < 4.78 is 28.4. The Morgan fingerprint density at radius 3 is 2.95 bits per heavy atom. The summed E-state index contributed by atoms with van der Waals surface area (Å²) in [5.74, 6) is 0.430. The molecule has 6 heteroatoms. The third-order valence-electron chi connectivity index (χ3n) is 3.42. The van der Waals surface area contributed by atoms with Crippen molar-refractivity contribution in [2.45, 2.75) is 31.8 Å². The van der Waals surface area contributed by atoms with Crippen molar-refractivity contribution in [3.05, 3.63) is 47.0 Å². The first-order valence-corrected chi connectivity index (χ1v) is 6.24. The average molecular weight is 264 g/mol. The molecule has 0 radical (unpaired) electrons. The van der Waals surface area contributed by atoms with Crippen LogP contribution in [0, 0.1) is 11.6 Å². The van der Waals surface area contributed by atoms with E-state index < -0.39 is 11.6 Å². The minimum atomic E-state index is -0.577. The summed E-state index contributed by atoms with van der Waals surface area (Å²) in [6.07, 6.45) is 1.98. The van der Waals surface area contributed by atoms with Crippen LogP contribution < -0.4 is 5.73 Å². The Morgan fingerprint density at radius 2 is 2.16 bits per heavy atom. The molecule has 1 aliphatic rings. The van der Waals surface area contributed by atoms with Crippen molar-refractivity contribution < 1.29 is 8.78 Å². The molecule has 4 nitrogen and oxygen atoms in total. The van der Waals surface area contributed by atoms with E-state index in [9.17, 15) is 8.78 Å². The molecule has 100 valence electrons. The Kier molecular flexibility index (Phi) is 3.02. The lowest BCUT2D eigenvalue weighted by Gasteiger charge is -2.20. The van der Waals surface area contributed by atoms with Crippen molar-refractivity contribution >= 4 is 0 Å². The molecule has 1 unspecified atom stereocenters. The monoisotopic (exact) mass is 264 g/mol. The van der Waals surface area contributed by atoms with Gasteiger partial charge < -0.3 is 10.3 Å². The summed E-state index contributed by atoms with van der Waals surface area (Å²) in [6.45, 7) is 0.653. The summed E-state index contributed by atoms with van der Waals surface area (Å²) in [6, 6.07) is 3.65. The van der Waals surface area contributed by atoms with Gasteiger partial charge in [0.15, 0.2) is 0 Å². The first kappa shape index (κ1) is 12.2. The minimum absolute atomic E-state index is 0.0836. The Balaban J connectivity index is 1.90. The van der Waals surface area contributed by atoms with E-state index in [1.165, 1.54) is 12.1 Å². The first-order chi connectivity index (χ1) is 9.13. The Bertz CT molecular complexity index is 609. The number of benzene rings is 1. The fourth-order valence-corrected chi connectivity index (χ4v) is 2.37. The average Bonchev–Trinajstić information content (AvgIpc) is 2.75. The maximum absolute atomic E-state index is 13.6. The zero-order valence-electron chi connectivity index (χ0n) is 10.3. The lowest BCUT2D eigenvalue weighted by Crippen LogP contribution is -2.32. The van der Waals surface area contributed by atoms with Gasteiger partial charge in [0.1, 0.15) is 23.3 Å². The highest BCUT2D eigenvalue weighted by molar-refractivity contribution is 5.22. The molecule has 0 saturated heterocycles. The van der Waals surface area contributed by atoms with Crippen LogP contribution in [-0.2, 0) is 19.4 Å². The molecule has 1 aromatic heterocycles. The molecule has 1 aliphatic heterocycles. The standard InChI is InChI=1S/C13H14F2N4/c14-9-2-1-8(11(15)6-9)5-13-18-17-12-4-3-10(16)7-19(12)13/h1-2,6,10H,3-5,7,16H2. The highest BCUT2D eigenvalue weighted by atomic mass is 19.1. The molecule has 0 spiro atoms. The minimum Gasteiger partial charge on any atom is -0.326 e. The van der Waals surface area contributed by atoms with Crippen LogP contribution in [-0.4, -0.2) is 20.8 Å². The van der Waals surface area contributed by atoms with Gasteiger partial charge in [-0.2, -0.15) is 0 Å². The second-order valence-electron chi connectivity index (χ2n) is 4.85. The van der Waals surface area contributed by atoms with Gasteiger partial charge >= 0.3 is 0 Å². The predicted octanol–water partition coefficient (Wildman–Crippen LogP) is 1.42. The van der Waals surface area contributed by atoms with E-state index in [2.05, 4.69) is 10.2 Å². The van der Waals surface area contributed by atoms with E-state index in [0.29, 0.717) is 24.4 Å². The topological polar surface area (TPSA) is 56.7 Å². The van der Waals surface area contributed by atoms with Gasteiger partial charge in [-0.1, -0.05) is 6.07 Å². The quantitative estimate of drug-likeness (QED) is 0.892. The number of fused-ring (bicyclic) bond motifs is 1. The Hall–Kier alpha value is -1.82. The Labute approximate surface area is 109 Å². The van der Waals surface area contributed by atoms with Crippen LogP contribution >= 0.6 is 0 Å². The highest BCUT2D eigenvalue weighted by Gasteiger charge is 2.21. The van der Waals surface area contributed by atoms with Gasteiger partial charge in [0, 0.05) is 31.5 Å². The van der Waals surface area contributed by atoms with E-state index in [1.807, 2.05) is 4.57 Å². The van der Waals surface area contributed by atoms with Crippen LogP contribution in [0.25, 0.3) is 0 Å². The van der Waals surface area contributed by atoms with Gasteiger partial charge in [0.25, 0.3) is 0 Å². The molecule has 0 fully saturated rings. The molecule has 1 atom stereocenters. The molecule has 19 heavy (non-hydrogen) atoms. The van der Waals surface area contributed by atoms with E-state index in [1.54, 1.807) is 0 Å². The predicted molar refractivity (Wildman–Crippen MR) is 65.5 cm³/mol. The highest BCUT2D eigenvalue weighted by Crippen LogP contribution is 2.18. The summed E-state index contributed by atoms with van der Waals surface area (Å²) in [7, 11) is 0. The maximum atomic E-state index is 13.6. The third-order valence-corrected chi connectivity index (χ3v) is 3.42. The first-order valence-electron chi connectivity index (χ1n) is 6.24. The molecule has 0 aliphatic carbocycles. The lowest BCUT2D eigenvalue weighted by molar-refractivity contribution is 0.444. The van der Waals surface area contributed by atoms with Crippen LogP contribution in [0.1, 0.15) is 23.6 Å². The van der Waals surface area contributed by atoms with Crippen molar-refractivity contribution in [3.63, 3.8) is 0 Å². The van der Waals surface area contributed by atoms with E-state index >= 15 is 0 Å². The summed E-state index contributed by atoms with van der Waals surface area (Å²) in [4.78, 5) is 0. The second-order valence-corrected chi connectivity index (χ2v) is 4.85. The van der Waals surface area contributed by atoms with Crippen LogP contribution in [0.5, 0.6) is 0 Å². The SMILES string of the molecule is NC1CCc2nnc(Cc3ccc(F)cc3F)n2C1. The number of nitrogens with two attached hydrogens (primary N) is 1. The molecule has 0 saturated carbocycles. The zero-order valence-corrected chi connectivity index (χ0v) is 10.3. The smallest absolute Gasteiger partial charge is 0.137 e. The van der Waals surface area contributed by atoms with Crippen molar-refractivity contribution in [1.29, 1.82) is 0 Å². The molecule has 2 heterocycles. The zero-order chi connectivity index (χ0) is 13.4. The Morgan fingerprint density at radius 1 is 1.32 bits per heavy atom. The molecular formula is C13H14F2N4. The molecule has 0 bridgehead atoms. The molecule has 1 aromatic carbocycles. The van der Waals surface area contributed by atoms with Gasteiger partial charge in [-0.25, -0.2) is 8.78 Å². The lowest BCUT2D eigenvalue weighted by atomic mass is 10.1. The fourth-order valence-electron chi connectivity index (χ4n) is 2.37. The second kappa shape index (κ2) is 4.70. The van der Waals surface area contributed by atoms with Crippen LogP contribution in [0.15, 0.2) is 18.2 Å². The van der Waals surface area contributed by atoms with Gasteiger partial charge in [0.05, 0.1) is 0 Å². The van der Waals surface area contributed by atoms with Crippen LogP contribution in [0.2, 0.25) is 0 Å². The summed E-state index contributed by atoms with van der Waals surface area (Å²) in [5.41, 5.74) is 6.33. The molecule has 3 rings (SSSR count). The summed E-state index contributed by atoms with van der Waals surface area (Å²) in [5, 5.41) is 8.18.